The summed E-state index contributed by atoms with van der Waals surface area (Å²) in [5, 5.41) is 14.0. The van der Waals surface area contributed by atoms with Crippen molar-refractivity contribution >= 4 is 40.2 Å². The molecule has 2 heterocycles. The molecular formula is C15H12FN3OS3. The van der Waals surface area contributed by atoms with Gasteiger partial charge in [0, 0.05) is 5.75 Å². The monoisotopic (exact) mass is 365 g/mol. The molecule has 4 nitrogen and oxygen atoms in total. The van der Waals surface area contributed by atoms with Crippen molar-refractivity contribution in [2.24, 2.45) is 0 Å². The molecule has 0 bridgehead atoms. The third kappa shape index (κ3) is 3.95. The zero-order valence-corrected chi connectivity index (χ0v) is 14.3. The number of Topliss-reactive ketones (excluding diaryl/α,β-unsaturated/α-hetero) is 1. The summed E-state index contributed by atoms with van der Waals surface area (Å²) in [4.78, 5) is 12.9. The van der Waals surface area contributed by atoms with Crippen molar-refractivity contribution in [2.75, 3.05) is 0 Å². The summed E-state index contributed by atoms with van der Waals surface area (Å²) in [7, 11) is 0. The molecule has 1 N–H and O–H groups in total. The minimum absolute atomic E-state index is 0.0517. The van der Waals surface area contributed by atoms with Crippen molar-refractivity contribution in [3.05, 3.63) is 62.8 Å². The molecule has 2 aromatic heterocycles. The number of rotatable bonds is 6. The number of halogens is 1. The van der Waals surface area contributed by atoms with Gasteiger partial charge < -0.3 is 0 Å². The third-order valence-corrected chi connectivity index (χ3v) is 5.98. The van der Waals surface area contributed by atoms with Gasteiger partial charge in [-0.2, -0.15) is 5.10 Å². The molecule has 118 valence electrons. The van der Waals surface area contributed by atoms with Gasteiger partial charge in [-0.1, -0.05) is 47.4 Å². The lowest BCUT2D eigenvalue weighted by atomic mass is 10.2. The Morgan fingerprint density at radius 2 is 2.13 bits per heavy atom. The van der Waals surface area contributed by atoms with E-state index in [0.717, 1.165) is 0 Å². The van der Waals surface area contributed by atoms with Crippen LogP contribution in [0.25, 0.3) is 0 Å². The number of benzene rings is 1. The number of nitrogens with one attached hydrogen (secondary N) is 1. The Hall–Kier alpha value is -1.77. The molecule has 3 rings (SSSR count). The molecule has 8 heteroatoms. The lowest BCUT2D eigenvalue weighted by molar-refractivity contribution is 0.0969. The number of ketones is 1. The van der Waals surface area contributed by atoms with Gasteiger partial charge >= 0.3 is 0 Å². The highest BCUT2D eigenvalue weighted by atomic mass is 32.2. The van der Waals surface area contributed by atoms with Crippen LogP contribution in [0.2, 0.25) is 0 Å². The van der Waals surface area contributed by atoms with Crippen LogP contribution in [0.1, 0.15) is 15.2 Å². The zero-order valence-electron chi connectivity index (χ0n) is 11.9. The van der Waals surface area contributed by atoms with Crippen LogP contribution in [0, 0.1) is 11.2 Å². The van der Waals surface area contributed by atoms with Crippen molar-refractivity contribution in [3.8, 4) is 0 Å². The van der Waals surface area contributed by atoms with Crippen LogP contribution in [0.5, 0.6) is 0 Å². The predicted octanol–water partition coefficient (Wildman–Crippen LogP) is 3.80. The molecule has 0 saturated carbocycles. The fourth-order valence-corrected chi connectivity index (χ4v) is 4.36. The molecule has 0 unspecified atom stereocenters. The highest BCUT2D eigenvalue weighted by molar-refractivity contribution is 8.00. The van der Waals surface area contributed by atoms with E-state index in [2.05, 4.69) is 5.10 Å². The maximum absolute atomic E-state index is 13.6. The maximum atomic E-state index is 13.6. The van der Waals surface area contributed by atoms with E-state index in [1.165, 1.54) is 45.2 Å². The van der Waals surface area contributed by atoms with Crippen LogP contribution in [0.3, 0.4) is 0 Å². The summed E-state index contributed by atoms with van der Waals surface area (Å²) < 4.78 is 15.6. The summed E-state index contributed by atoms with van der Waals surface area (Å²) in [5.41, 5.74) is 0.598. The summed E-state index contributed by atoms with van der Waals surface area (Å²) in [5.74, 6) is 0.135. The first-order chi connectivity index (χ1) is 11.1. The third-order valence-electron chi connectivity index (χ3n) is 3.02. The minimum Gasteiger partial charge on any atom is -0.291 e. The second-order valence-electron chi connectivity index (χ2n) is 4.61. The van der Waals surface area contributed by atoms with E-state index >= 15 is 0 Å². The maximum Gasteiger partial charge on any atom is 0.201 e. The number of hydrogen-bond acceptors (Lipinski definition) is 6. The molecule has 0 spiro atoms. The van der Waals surface area contributed by atoms with Gasteiger partial charge in [0.25, 0.3) is 0 Å². The van der Waals surface area contributed by atoms with Gasteiger partial charge in [-0.05, 0) is 23.1 Å². The average molecular weight is 365 g/mol. The highest BCUT2D eigenvalue weighted by Crippen LogP contribution is 2.24. The number of nitrogens with zero attached hydrogens (tertiary/aromatic N) is 2. The Morgan fingerprint density at radius 3 is 2.87 bits per heavy atom. The van der Waals surface area contributed by atoms with E-state index in [1.54, 1.807) is 24.3 Å². The van der Waals surface area contributed by atoms with E-state index in [0.29, 0.717) is 20.5 Å². The standard InChI is InChI=1S/C15H12FN3OS3/c16-11-5-2-1-4-10(11)9-22-15-18-19(14(17)23-15)8-12(20)13-6-3-7-21-13/h1-7,17H,8-9H2. The van der Waals surface area contributed by atoms with Crippen molar-refractivity contribution < 1.29 is 9.18 Å². The topological polar surface area (TPSA) is 58.7 Å². The molecule has 0 fully saturated rings. The van der Waals surface area contributed by atoms with Crippen LogP contribution in [-0.2, 0) is 12.3 Å². The Balaban J connectivity index is 1.68. The molecule has 0 aliphatic carbocycles. The number of aromatic nitrogens is 2. The molecule has 0 aliphatic rings. The summed E-state index contributed by atoms with van der Waals surface area (Å²) in [6.07, 6.45) is 0. The van der Waals surface area contributed by atoms with Crippen LogP contribution in [0.4, 0.5) is 4.39 Å². The molecule has 0 amide bonds. The normalized spacial score (nSPS) is 10.8. The molecule has 0 saturated heterocycles. The Morgan fingerprint density at radius 1 is 1.30 bits per heavy atom. The number of thioether (sulfide) groups is 1. The highest BCUT2D eigenvalue weighted by Gasteiger charge is 2.12. The molecular weight excluding hydrogens is 353 g/mol. The molecule has 0 atom stereocenters. The van der Waals surface area contributed by atoms with Gasteiger partial charge in [0.2, 0.25) is 4.80 Å². The second kappa shape index (κ2) is 7.20. The van der Waals surface area contributed by atoms with Crippen molar-refractivity contribution in [3.63, 3.8) is 0 Å². The second-order valence-corrected chi connectivity index (χ2v) is 7.76. The van der Waals surface area contributed by atoms with Gasteiger partial charge in [-0.3, -0.25) is 10.2 Å². The largest absolute Gasteiger partial charge is 0.291 e. The van der Waals surface area contributed by atoms with E-state index in [1.807, 2.05) is 11.4 Å². The van der Waals surface area contributed by atoms with E-state index in [-0.39, 0.29) is 22.9 Å². The molecule has 0 radical (unpaired) electrons. The Kier molecular flexibility index (Phi) is 5.04. The molecule has 0 aliphatic heterocycles. The first kappa shape index (κ1) is 16.1. The summed E-state index contributed by atoms with van der Waals surface area (Å²) in [6.45, 7) is 0.0517. The van der Waals surface area contributed by atoms with Crippen LogP contribution >= 0.6 is 34.4 Å². The molecule has 3 aromatic rings. The van der Waals surface area contributed by atoms with E-state index in [4.69, 9.17) is 5.41 Å². The van der Waals surface area contributed by atoms with Crippen molar-refractivity contribution in [1.82, 2.24) is 9.78 Å². The van der Waals surface area contributed by atoms with E-state index in [9.17, 15) is 9.18 Å². The van der Waals surface area contributed by atoms with Crippen molar-refractivity contribution in [1.29, 1.82) is 5.41 Å². The van der Waals surface area contributed by atoms with Crippen LogP contribution in [0.15, 0.2) is 46.1 Å². The average Bonchev–Trinajstić information content (AvgIpc) is 3.17. The Bertz CT molecular complexity index is 870. The van der Waals surface area contributed by atoms with Gasteiger partial charge in [0.1, 0.15) is 12.4 Å². The predicted molar refractivity (Wildman–Crippen MR) is 90.6 cm³/mol. The van der Waals surface area contributed by atoms with Gasteiger partial charge in [-0.25, -0.2) is 9.07 Å². The van der Waals surface area contributed by atoms with Gasteiger partial charge in [0.05, 0.1) is 4.88 Å². The number of hydrogen-bond donors (Lipinski definition) is 1. The number of thiophene rings is 1. The fraction of sp³-hybridized carbons (Fsp3) is 0.133. The lowest BCUT2D eigenvalue weighted by Gasteiger charge is -2.00. The minimum atomic E-state index is -0.247. The number of carbonyl (C=O) groups is 1. The Labute approximate surface area is 144 Å². The van der Waals surface area contributed by atoms with E-state index < -0.39 is 0 Å². The molecule has 1 aromatic carbocycles. The molecule has 23 heavy (non-hydrogen) atoms. The van der Waals surface area contributed by atoms with Crippen molar-refractivity contribution in [2.45, 2.75) is 16.6 Å². The quantitative estimate of drug-likeness (QED) is 0.534. The van der Waals surface area contributed by atoms with Gasteiger partial charge in [-0.15, -0.1) is 11.3 Å². The summed E-state index contributed by atoms with van der Waals surface area (Å²) in [6, 6.07) is 10.2. The zero-order chi connectivity index (χ0) is 16.2. The number of carbonyl (C=O) groups excluding carboxylic acids is 1. The first-order valence-corrected chi connectivity index (χ1v) is 9.37. The lowest BCUT2D eigenvalue weighted by Crippen LogP contribution is -2.20. The SMILES string of the molecule is N=c1sc(SCc2ccccc2F)nn1CC(=O)c1cccs1. The smallest absolute Gasteiger partial charge is 0.201 e. The fourth-order valence-electron chi connectivity index (χ4n) is 1.87. The first-order valence-electron chi connectivity index (χ1n) is 6.69. The van der Waals surface area contributed by atoms with Crippen LogP contribution < -0.4 is 4.80 Å². The van der Waals surface area contributed by atoms with Crippen LogP contribution in [-0.4, -0.2) is 15.6 Å². The van der Waals surface area contributed by atoms with Gasteiger partial charge in [0.15, 0.2) is 10.1 Å². The summed E-state index contributed by atoms with van der Waals surface area (Å²) >= 11 is 3.93.